The second-order valence-corrected chi connectivity index (χ2v) is 8.79. The van der Waals surface area contributed by atoms with Crippen LogP contribution in [-0.2, 0) is 0 Å². The van der Waals surface area contributed by atoms with Gasteiger partial charge in [0.05, 0.1) is 23.5 Å². The van der Waals surface area contributed by atoms with Crippen molar-refractivity contribution in [1.82, 2.24) is 20.2 Å². The van der Waals surface area contributed by atoms with Crippen LogP contribution >= 0.6 is 0 Å². The summed E-state index contributed by atoms with van der Waals surface area (Å²) in [5.74, 6) is 3.01. The van der Waals surface area contributed by atoms with Crippen molar-refractivity contribution < 1.29 is 13.3 Å². The Morgan fingerprint density at radius 3 is 1.13 bits per heavy atom. The van der Waals surface area contributed by atoms with E-state index in [1.807, 2.05) is 109 Å². The van der Waals surface area contributed by atoms with E-state index in [0.717, 1.165) is 33.4 Å². The summed E-state index contributed by atoms with van der Waals surface area (Å²) in [4.78, 5) is 9.04. The van der Waals surface area contributed by atoms with E-state index in [-0.39, 0.29) is 0 Å². The van der Waals surface area contributed by atoms with Crippen molar-refractivity contribution in [3.05, 3.63) is 122 Å². The molecule has 0 atom stereocenters. The van der Waals surface area contributed by atoms with Crippen molar-refractivity contribution in [1.29, 1.82) is 0 Å². The molecule has 0 bridgehead atoms. The summed E-state index contributed by atoms with van der Waals surface area (Å²) in [6.45, 7) is 0. The number of hydrogen-bond acceptors (Lipinski definition) is 7. The lowest BCUT2D eigenvalue weighted by atomic mass is 10.1. The summed E-state index contributed by atoms with van der Waals surface area (Å²) in [5.41, 5.74) is 4.85. The van der Waals surface area contributed by atoms with Crippen molar-refractivity contribution in [2.45, 2.75) is 0 Å². The van der Waals surface area contributed by atoms with Crippen molar-refractivity contribution in [2.75, 3.05) is 0 Å². The van der Waals surface area contributed by atoms with Gasteiger partial charge < -0.3 is 13.3 Å². The molecule has 7 aromatic rings. The van der Waals surface area contributed by atoms with E-state index in [0.29, 0.717) is 35.1 Å². The number of oxazole rings is 2. The maximum absolute atomic E-state index is 6.20. The summed E-state index contributed by atoms with van der Waals surface area (Å²) in [6.07, 6.45) is 3.44. The molecule has 3 heterocycles. The predicted molar refractivity (Wildman–Crippen MR) is 147 cm³/mol. The summed E-state index contributed by atoms with van der Waals surface area (Å²) < 4.78 is 18.4. The Morgan fingerprint density at radius 2 is 0.718 bits per heavy atom. The molecule has 0 fully saturated rings. The molecule has 186 valence electrons. The van der Waals surface area contributed by atoms with E-state index >= 15 is 0 Å². The van der Waals surface area contributed by atoms with E-state index in [1.165, 1.54) is 0 Å². The Labute approximate surface area is 223 Å². The van der Waals surface area contributed by atoms with E-state index in [4.69, 9.17) is 13.3 Å². The van der Waals surface area contributed by atoms with Crippen LogP contribution in [0.15, 0.2) is 135 Å². The van der Waals surface area contributed by atoms with Crippen molar-refractivity contribution in [3.8, 4) is 68.5 Å². The Balaban J connectivity index is 1.24. The highest BCUT2D eigenvalue weighted by Gasteiger charge is 2.21. The van der Waals surface area contributed by atoms with Gasteiger partial charge in [0, 0.05) is 22.3 Å². The molecule has 39 heavy (non-hydrogen) atoms. The first kappa shape index (κ1) is 22.6. The fraction of sp³-hybridized carbons (Fsp3) is 0. The van der Waals surface area contributed by atoms with Crippen molar-refractivity contribution in [3.63, 3.8) is 0 Å². The van der Waals surface area contributed by atoms with Gasteiger partial charge >= 0.3 is 0 Å². The number of nitrogens with zero attached hydrogens (tertiary/aromatic N) is 4. The second-order valence-electron chi connectivity index (χ2n) is 8.79. The first-order valence-corrected chi connectivity index (χ1v) is 12.4. The topological polar surface area (TPSA) is 91.0 Å². The minimum absolute atomic E-state index is 0.354. The third-order valence-corrected chi connectivity index (χ3v) is 6.33. The monoisotopic (exact) mass is 508 g/mol. The average molecular weight is 509 g/mol. The number of benzene rings is 4. The minimum atomic E-state index is 0.354. The fourth-order valence-electron chi connectivity index (χ4n) is 4.42. The van der Waals surface area contributed by atoms with Crippen LogP contribution in [0.25, 0.3) is 68.5 Å². The molecule has 7 heteroatoms. The lowest BCUT2D eigenvalue weighted by Gasteiger charge is -2.04. The third kappa shape index (κ3) is 4.32. The van der Waals surface area contributed by atoms with E-state index in [9.17, 15) is 0 Å². The van der Waals surface area contributed by atoms with Crippen LogP contribution < -0.4 is 0 Å². The predicted octanol–water partition coefficient (Wildman–Crippen LogP) is 8.05. The van der Waals surface area contributed by atoms with Gasteiger partial charge in [-0.3, -0.25) is 0 Å². The first-order chi connectivity index (χ1) is 19.3. The normalized spacial score (nSPS) is 11.1. The van der Waals surface area contributed by atoms with Crippen molar-refractivity contribution >= 4 is 0 Å². The number of rotatable bonds is 6. The van der Waals surface area contributed by atoms with Crippen LogP contribution in [-0.4, -0.2) is 20.2 Å². The largest absolute Gasteiger partial charge is 0.436 e. The fourth-order valence-corrected chi connectivity index (χ4v) is 4.42. The van der Waals surface area contributed by atoms with E-state index in [2.05, 4.69) is 20.2 Å². The van der Waals surface area contributed by atoms with Gasteiger partial charge in [-0.2, -0.15) is 0 Å². The smallest absolute Gasteiger partial charge is 0.248 e. The van der Waals surface area contributed by atoms with E-state index in [1.54, 1.807) is 12.4 Å². The SMILES string of the molecule is c1ccc(-c2cnc(-c3ccccc3-c3nnc(-c4ccccc4-c4ncc(-c5ccccc5)o4)o3)o2)cc1. The number of aromatic nitrogens is 4. The van der Waals surface area contributed by atoms with Crippen LogP contribution in [0.5, 0.6) is 0 Å². The molecular formula is C32H20N4O3. The summed E-state index contributed by atoms with van der Waals surface area (Å²) >= 11 is 0. The molecule has 3 aromatic heterocycles. The molecule has 0 aliphatic carbocycles. The molecule has 0 aliphatic rings. The van der Waals surface area contributed by atoms with Crippen LogP contribution in [0.4, 0.5) is 0 Å². The van der Waals surface area contributed by atoms with E-state index < -0.39 is 0 Å². The lowest BCUT2D eigenvalue weighted by Crippen LogP contribution is -1.85. The van der Waals surface area contributed by atoms with Gasteiger partial charge in [0.15, 0.2) is 11.5 Å². The Bertz CT molecular complexity index is 1730. The standard InChI is InChI=1S/C32H20N4O3/c1-3-11-21(12-4-1)27-19-33-29(37-27)23-15-7-9-17-25(23)31-35-36-32(39-31)26-18-10-8-16-24(26)30-34-20-28(38-30)22-13-5-2-6-14-22/h1-20H. The zero-order chi connectivity index (χ0) is 26.0. The molecule has 0 unspecified atom stereocenters. The molecule has 0 spiro atoms. The highest BCUT2D eigenvalue weighted by molar-refractivity contribution is 5.79. The number of hydrogen-bond donors (Lipinski definition) is 0. The maximum Gasteiger partial charge on any atom is 0.248 e. The molecule has 0 N–H and O–H groups in total. The first-order valence-electron chi connectivity index (χ1n) is 12.4. The van der Waals surface area contributed by atoms with Gasteiger partial charge in [-0.25, -0.2) is 9.97 Å². The molecule has 0 amide bonds. The summed E-state index contributed by atoms with van der Waals surface area (Å²) in [5, 5.41) is 8.73. The van der Waals surface area contributed by atoms with Crippen molar-refractivity contribution in [2.24, 2.45) is 0 Å². The highest BCUT2D eigenvalue weighted by Crippen LogP contribution is 2.37. The minimum Gasteiger partial charge on any atom is -0.436 e. The molecule has 0 saturated carbocycles. The van der Waals surface area contributed by atoms with Gasteiger partial charge in [0.2, 0.25) is 23.6 Å². The molecule has 0 saturated heterocycles. The molecule has 0 radical (unpaired) electrons. The van der Waals surface area contributed by atoms with Crippen LogP contribution in [0.3, 0.4) is 0 Å². The van der Waals surface area contributed by atoms with Gasteiger partial charge in [-0.15, -0.1) is 10.2 Å². The summed E-state index contributed by atoms with van der Waals surface area (Å²) in [7, 11) is 0. The summed E-state index contributed by atoms with van der Waals surface area (Å²) in [6, 6.07) is 35.0. The van der Waals surface area contributed by atoms with Gasteiger partial charge in [-0.1, -0.05) is 84.9 Å². The molecule has 7 nitrogen and oxygen atoms in total. The lowest BCUT2D eigenvalue weighted by molar-refractivity contribution is 0.576. The third-order valence-electron chi connectivity index (χ3n) is 6.33. The van der Waals surface area contributed by atoms with Crippen LogP contribution in [0.2, 0.25) is 0 Å². The Kier molecular flexibility index (Phi) is 5.64. The average Bonchev–Trinajstić information content (AvgIpc) is 3.79. The molecule has 0 aliphatic heterocycles. The Morgan fingerprint density at radius 1 is 0.359 bits per heavy atom. The zero-order valence-electron chi connectivity index (χ0n) is 20.6. The van der Waals surface area contributed by atoms with Gasteiger partial charge in [-0.05, 0) is 24.3 Å². The Hall–Kier alpha value is -5.56. The quantitative estimate of drug-likeness (QED) is 0.224. The van der Waals surface area contributed by atoms with Gasteiger partial charge in [0.1, 0.15) is 0 Å². The van der Waals surface area contributed by atoms with Crippen LogP contribution in [0.1, 0.15) is 0 Å². The van der Waals surface area contributed by atoms with Gasteiger partial charge in [0.25, 0.3) is 0 Å². The zero-order valence-corrected chi connectivity index (χ0v) is 20.6. The molecule has 4 aromatic carbocycles. The second kappa shape index (κ2) is 9.72. The maximum atomic E-state index is 6.20. The molecular weight excluding hydrogens is 488 g/mol. The highest BCUT2D eigenvalue weighted by atomic mass is 16.4. The molecule has 7 rings (SSSR count). The van der Waals surface area contributed by atoms with Crippen LogP contribution in [0, 0.1) is 0 Å².